The molecule has 0 bridgehead atoms. The minimum atomic E-state index is -0.170. The minimum Gasteiger partial charge on any atom is -0.393 e. The van der Waals surface area contributed by atoms with E-state index in [2.05, 4.69) is 157 Å². The molecule has 6 saturated carbocycles. The Kier molecular flexibility index (Phi) is 25.4. The monoisotopic (exact) mass is 1480 g/mol. The lowest BCUT2D eigenvalue weighted by atomic mass is 9.93. The van der Waals surface area contributed by atoms with Crippen molar-refractivity contribution in [1.29, 1.82) is 0 Å². The number of piperidine rings is 1. The number of aliphatic hydroxyl groups excluding tert-OH is 3. The molecule has 3 aromatic carbocycles. The smallest absolute Gasteiger partial charge is 0.224 e. The van der Waals surface area contributed by atoms with Crippen LogP contribution in [-0.4, -0.2) is 176 Å². The quantitative estimate of drug-likeness (QED) is 0.0331. The number of nitrogens with one attached hydrogen (secondary N) is 3. The minimum absolute atomic E-state index is 0. The Morgan fingerprint density at radius 1 is 0.367 bits per heavy atom. The second-order valence-corrected chi connectivity index (χ2v) is 33.9. The highest BCUT2D eigenvalue weighted by Crippen LogP contribution is 2.43. The van der Waals surface area contributed by atoms with Crippen LogP contribution in [0.5, 0.6) is 0 Å². The Labute approximate surface area is 646 Å². The summed E-state index contributed by atoms with van der Waals surface area (Å²) in [5, 5.41) is 44.2. The molecule has 20 heteroatoms. The number of rotatable bonds is 24. The number of fused-ring (bicyclic) bond motifs is 3. The lowest BCUT2D eigenvalue weighted by Gasteiger charge is -2.27. The van der Waals surface area contributed by atoms with Gasteiger partial charge in [0, 0.05) is 152 Å². The Morgan fingerprint density at radius 3 is 0.917 bits per heavy atom. The number of benzene rings is 3. The summed E-state index contributed by atoms with van der Waals surface area (Å²) in [5.74, 6) is 4.78. The van der Waals surface area contributed by atoms with E-state index < -0.39 is 0 Å². The summed E-state index contributed by atoms with van der Waals surface area (Å²) in [4.78, 5) is 36.8. The third-order valence-corrected chi connectivity index (χ3v) is 24.8. The maximum absolute atomic E-state index is 10.1. The van der Waals surface area contributed by atoms with Crippen LogP contribution in [0.2, 0.25) is 0 Å². The fourth-order valence-corrected chi connectivity index (χ4v) is 18.0. The van der Waals surface area contributed by atoms with Crippen LogP contribution in [0.25, 0.3) is 66.5 Å². The van der Waals surface area contributed by atoms with Gasteiger partial charge < -0.3 is 54.4 Å². The summed E-state index contributed by atoms with van der Waals surface area (Å²) in [6.45, 7) is 19.4. The standard InChI is InChI=1S/C30H41N5O.2C29H39N5O2.CH4/c1-21(17-22-5-6-22)32-30-31-18-27-28(20-35(29(27)33-30)25-11-13-26(36)14-12-25)24-9-7-23(8-10-24)19-34-15-3-2-4-16-34;2*1-20(16-21-2-3-21)31-29-30-17-26-27(19-34(28(26)32-29)24-8-10-25(35)11-9-24)23-6-4-22(5-7-23)18-33-12-14-36-15-13-33;/h7-10,18,20-22,25-26,36H,2-6,11-17,19H2,1H3,(H,31,32,33);2*4-7,17,19-21,24-25,35H,2-3,8-16,18H2,1H3,(H,30,31,32);1H4/t;2*20-,24?,25?;/m.10./s1. The van der Waals surface area contributed by atoms with Crippen molar-refractivity contribution in [2.24, 2.45) is 17.8 Å². The topological polar surface area (TPSA) is 217 Å². The van der Waals surface area contributed by atoms with Crippen LogP contribution in [0.1, 0.15) is 217 Å². The van der Waals surface area contributed by atoms with Gasteiger partial charge >= 0.3 is 0 Å². The summed E-state index contributed by atoms with van der Waals surface area (Å²) < 4.78 is 18.1. The van der Waals surface area contributed by atoms with E-state index in [1.165, 1.54) is 140 Å². The Bertz CT molecular complexity index is 3910. The second kappa shape index (κ2) is 36.0. The molecule has 0 radical (unpaired) electrons. The molecule has 9 heterocycles. The molecule has 6 aromatic heterocycles. The van der Waals surface area contributed by atoms with Gasteiger partial charge in [-0.1, -0.05) is 125 Å². The van der Waals surface area contributed by atoms with Crippen LogP contribution < -0.4 is 16.0 Å². The van der Waals surface area contributed by atoms with E-state index in [9.17, 15) is 15.3 Å². The summed E-state index contributed by atoms with van der Waals surface area (Å²) in [7, 11) is 0. The van der Waals surface area contributed by atoms with Crippen LogP contribution in [0.4, 0.5) is 17.8 Å². The molecule has 9 fully saturated rings. The highest BCUT2D eigenvalue weighted by atomic mass is 16.5. The highest BCUT2D eigenvalue weighted by Gasteiger charge is 2.31. The largest absolute Gasteiger partial charge is 0.393 e. The fraction of sp³-hybridized carbons (Fsp3) is 0.596. The van der Waals surface area contributed by atoms with Crippen molar-refractivity contribution in [3.8, 4) is 33.4 Å². The molecule has 6 N–H and O–H groups in total. The number of likely N-dealkylation sites (tertiary alicyclic amines) is 1. The molecule has 3 saturated heterocycles. The van der Waals surface area contributed by atoms with Gasteiger partial charge in [0.2, 0.25) is 17.8 Å². The maximum Gasteiger partial charge on any atom is 0.224 e. The number of nitrogens with zero attached hydrogens (tertiary/aromatic N) is 12. The van der Waals surface area contributed by atoms with Gasteiger partial charge in [-0.15, -0.1) is 0 Å². The third kappa shape index (κ3) is 20.1. The van der Waals surface area contributed by atoms with Crippen LogP contribution in [-0.2, 0) is 29.1 Å². The molecule has 9 aliphatic rings. The van der Waals surface area contributed by atoms with Crippen LogP contribution >= 0.6 is 0 Å². The van der Waals surface area contributed by atoms with Crippen LogP contribution in [0.15, 0.2) is 110 Å². The number of aliphatic hydroxyl groups is 3. The Morgan fingerprint density at radius 2 is 0.642 bits per heavy atom. The number of hydrogen-bond donors (Lipinski definition) is 6. The van der Waals surface area contributed by atoms with E-state index in [1.54, 1.807) is 0 Å². The summed E-state index contributed by atoms with van der Waals surface area (Å²) >= 11 is 0. The van der Waals surface area contributed by atoms with Crippen molar-refractivity contribution in [2.75, 3.05) is 81.6 Å². The first-order valence-corrected chi connectivity index (χ1v) is 41.9. The number of hydrogen-bond acceptors (Lipinski definition) is 17. The van der Waals surface area contributed by atoms with Gasteiger partial charge in [-0.25, -0.2) is 15.0 Å². The number of ether oxygens (including phenoxy) is 2. The van der Waals surface area contributed by atoms with Gasteiger partial charge in [0.15, 0.2) is 0 Å². The van der Waals surface area contributed by atoms with Gasteiger partial charge in [-0.05, 0) is 194 Å². The molecule has 1 unspecified atom stereocenters. The summed E-state index contributed by atoms with van der Waals surface area (Å²) in [6.07, 6.45) is 39.1. The first-order valence-electron chi connectivity index (χ1n) is 41.9. The zero-order valence-corrected chi connectivity index (χ0v) is 64.5. The number of anilines is 3. The molecule has 3 aliphatic heterocycles. The zero-order valence-electron chi connectivity index (χ0n) is 64.5. The predicted octanol–water partition coefficient (Wildman–Crippen LogP) is 16.8. The lowest BCUT2D eigenvalue weighted by Crippen LogP contribution is -2.35. The van der Waals surface area contributed by atoms with Crippen molar-refractivity contribution in [3.05, 3.63) is 127 Å². The van der Waals surface area contributed by atoms with Crippen molar-refractivity contribution in [2.45, 2.75) is 256 Å². The van der Waals surface area contributed by atoms with Crippen molar-refractivity contribution >= 4 is 50.9 Å². The normalized spacial score (nSPS) is 23.9. The number of aromatic nitrogens is 9. The molecular weight excluding hydrogens is 1360 g/mol. The first kappa shape index (κ1) is 76.9. The molecule has 20 nitrogen and oxygen atoms in total. The van der Waals surface area contributed by atoms with Crippen LogP contribution in [0.3, 0.4) is 0 Å². The van der Waals surface area contributed by atoms with Gasteiger partial charge in [0.05, 0.1) is 44.7 Å². The van der Waals surface area contributed by atoms with E-state index in [0.717, 1.165) is 218 Å². The third-order valence-electron chi connectivity index (χ3n) is 24.8. The summed E-state index contributed by atoms with van der Waals surface area (Å²) in [6, 6.07) is 29.3. The van der Waals surface area contributed by atoms with E-state index in [-0.39, 0.29) is 25.7 Å². The maximum atomic E-state index is 10.1. The first-order chi connectivity index (χ1) is 52.9. The van der Waals surface area contributed by atoms with Crippen molar-refractivity contribution < 1.29 is 24.8 Å². The molecule has 6 aliphatic carbocycles. The molecule has 0 amide bonds. The second-order valence-electron chi connectivity index (χ2n) is 33.9. The molecule has 584 valence electrons. The summed E-state index contributed by atoms with van der Waals surface area (Å²) in [5.41, 5.74) is 14.3. The van der Waals surface area contributed by atoms with Crippen LogP contribution in [0, 0.1) is 17.8 Å². The van der Waals surface area contributed by atoms with E-state index in [0.29, 0.717) is 36.3 Å². The average molecular weight is 1480 g/mol. The zero-order chi connectivity index (χ0) is 73.5. The Balaban J connectivity index is 0.000000130. The van der Waals surface area contributed by atoms with Crippen molar-refractivity contribution in [1.82, 2.24) is 58.3 Å². The SMILES string of the molecule is C.CC(CC1CC1)Nc1ncc2c(-c3ccc(CN4CCCCC4)cc3)cn(C3CCC(O)CC3)c2n1.C[C@@H](CC1CC1)Nc1ncc2c(-c3ccc(CN4CCOCC4)cc3)cn(C3CCC(O)CC3)c2n1.C[C@H](CC1CC1)Nc1ncc2c(-c3ccc(CN4CCOCC4)cc3)cn(C3CCC(O)CC3)c2n1. The van der Waals surface area contributed by atoms with Gasteiger partial charge in [0.1, 0.15) is 16.9 Å². The van der Waals surface area contributed by atoms with E-state index in [1.807, 2.05) is 18.6 Å². The molecule has 0 spiro atoms. The van der Waals surface area contributed by atoms with Gasteiger partial charge in [0.25, 0.3) is 0 Å². The molecule has 3 atom stereocenters. The predicted molar refractivity (Wildman–Crippen MR) is 439 cm³/mol. The van der Waals surface area contributed by atoms with Crippen molar-refractivity contribution in [3.63, 3.8) is 0 Å². The highest BCUT2D eigenvalue weighted by molar-refractivity contribution is 5.96. The van der Waals surface area contributed by atoms with E-state index >= 15 is 0 Å². The molecule has 109 heavy (non-hydrogen) atoms. The Hall–Kier alpha value is -7.40. The molecular formula is C89H123N15O5. The van der Waals surface area contributed by atoms with E-state index in [4.69, 9.17) is 39.4 Å². The van der Waals surface area contributed by atoms with Gasteiger partial charge in [-0.3, -0.25) is 14.7 Å². The fourth-order valence-electron chi connectivity index (χ4n) is 18.0. The number of morpholine rings is 2. The average Bonchev–Trinajstić information content (AvgIpc) is 1.63. The lowest BCUT2D eigenvalue weighted by molar-refractivity contribution is 0.0341. The molecule has 18 rings (SSSR count). The van der Waals surface area contributed by atoms with Gasteiger partial charge in [-0.2, -0.15) is 15.0 Å². The molecule has 9 aromatic rings.